The molecule has 21 heavy (non-hydrogen) atoms. The van der Waals surface area contributed by atoms with Gasteiger partial charge < -0.3 is 10.2 Å². The molecular weight excluding hydrogens is 399 g/mol. The number of nitrogens with zero attached hydrogens (tertiary/aromatic N) is 1. The van der Waals surface area contributed by atoms with Crippen molar-refractivity contribution >= 4 is 40.1 Å². The lowest BCUT2D eigenvalue weighted by Crippen LogP contribution is -2.41. The summed E-state index contributed by atoms with van der Waals surface area (Å²) < 4.78 is 0.963. The summed E-state index contributed by atoms with van der Waals surface area (Å²) in [7, 11) is 0. The second kappa shape index (κ2) is 8.34. The highest BCUT2D eigenvalue weighted by Gasteiger charge is 2.22. The molecule has 1 aliphatic rings. The van der Waals surface area contributed by atoms with Crippen LogP contribution >= 0.6 is 34.2 Å². The maximum atomic E-state index is 12.8. The van der Waals surface area contributed by atoms with Gasteiger partial charge in [0.2, 0.25) is 0 Å². The molecule has 0 radical (unpaired) electrons. The number of carbonyl (C=O) groups excluding carboxylic acids is 1. The molecule has 1 amide bonds. The van der Waals surface area contributed by atoms with E-state index in [-0.39, 0.29) is 5.91 Å². The fourth-order valence-electron chi connectivity index (χ4n) is 2.77. The van der Waals surface area contributed by atoms with Gasteiger partial charge in [0.1, 0.15) is 0 Å². The summed E-state index contributed by atoms with van der Waals surface area (Å²) in [5.74, 6) is 0.667. The van der Waals surface area contributed by atoms with Crippen molar-refractivity contribution in [1.82, 2.24) is 10.2 Å². The van der Waals surface area contributed by atoms with Gasteiger partial charge in [-0.2, -0.15) is 0 Å². The number of amides is 1. The van der Waals surface area contributed by atoms with Crippen molar-refractivity contribution in [2.24, 2.45) is 5.92 Å². The second-order valence-corrected chi connectivity index (χ2v) is 7.19. The molecule has 1 aliphatic heterocycles. The highest BCUT2D eigenvalue weighted by molar-refractivity contribution is 14.1. The molecule has 1 atom stereocenters. The summed E-state index contributed by atoms with van der Waals surface area (Å²) in [4.78, 5) is 14.8. The van der Waals surface area contributed by atoms with E-state index in [9.17, 15) is 4.79 Å². The first kappa shape index (κ1) is 17.0. The van der Waals surface area contributed by atoms with Crippen LogP contribution in [0.2, 0.25) is 5.02 Å². The summed E-state index contributed by atoms with van der Waals surface area (Å²) in [6.45, 7) is 5.87. The third kappa shape index (κ3) is 4.83. The van der Waals surface area contributed by atoms with Crippen molar-refractivity contribution in [3.8, 4) is 0 Å². The average molecular weight is 421 g/mol. The molecule has 0 aliphatic carbocycles. The van der Waals surface area contributed by atoms with Gasteiger partial charge in [-0.05, 0) is 79.1 Å². The van der Waals surface area contributed by atoms with E-state index in [2.05, 4.69) is 34.8 Å². The smallest absolute Gasteiger partial charge is 0.254 e. The van der Waals surface area contributed by atoms with E-state index >= 15 is 0 Å². The molecule has 2 rings (SSSR count). The third-order valence-corrected chi connectivity index (χ3v) is 4.99. The zero-order valence-corrected chi connectivity index (χ0v) is 15.3. The summed E-state index contributed by atoms with van der Waals surface area (Å²) in [6.07, 6.45) is 3.38. The Bertz CT molecular complexity index is 489. The molecule has 0 bridgehead atoms. The van der Waals surface area contributed by atoms with Crippen molar-refractivity contribution in [1.29, 1.82) is 0 Å². The van der Waals surface area contributed by atoms with Gasteiger partial charge in [0, 0.05) is 21.7 Å². The zero-order valence-electron chi connectivity index (χ0n) is 12.4. The zero-order chi connectivity index (χ0) is 15.2. The molecule has 1 aromatic carbocycles. The quantitative estimate of drug-likeness (QED) is 0.735. The SMILES string of the molecule is CCCN(CC1CCCNC1)C(=O)c1cc(Cl)ccc1I. The molecule has 1 aromatic rings. The summed E-state index contributed by atoms with van der Waals surface area (Å²) >= 11 is 8.26. The van der Waals surface area contributed by atoms with Crippen LogP contribution in [0.1, 0.15) is 36.5 Å². The van der Waals surface area contributed by atoms with Crippen molar-refractivity contribution in [3.05, 3.63) is 32.4 Å². The standard InChI is InChI=1S/C16H22ClIN2O/c1-2-8-20(11-12-4-3-7-19-10-12)16(21)14-9-13(17)5-6-15(14)18/h5-6,9,12,19H,2-4,7-8,10-11H2,1H3. The first-order chi connectivity index (χ1) is 10.1. The monoisotopic (exact) mass is 420 g/mol. The number of piperidine rings is 1. The molecule has 1 heterocycles. The number of hydrogen-bond acceptors (Lipinski definition) is 2. The van der Waals surface area contributed by atoms with E-state index in [0.717, 1.165) is 41.7 Å². The van der Waals surface area contributed by atoms with Gasteiger partial charge >= 0.3 is 0 Å². The van der Waals surface area contributed by atoms with Crippen LogP contribution in [-0.2, 0) is 0 Å². The molecule has 3 nitrogen and oxygen atoms in total. The first-order valence-electron chi connectivity index (χ1n) is 7.57. The van der Waals surface area contributed by atoms with Gasteiger partial charge in [0.25, 0.3) is 5.91 Å². The Labute approximate surface area is 145 Å². The predicted molar refractivity (Wildman–Crippen MR) is 96.0 cm³/mol. The van der Waals surface area contributed by atoms with Gasteiger partial charge in [0.05, 0.1) is 5.56 Å². The van der Waals surface area contributed by atoms with E-state index in [1.807, 2.05) is 17.0 Å². The van der Waals surface area contributed by atoms with Gasteiger partial charge in [-0.25, -0.2) is 0 Å². The molecule has 5 heteroatoms. The fourth-order valence-corrected chi connectivity index (χ4v) is 3.51. The average Bonchev–Trinajstić information content (AvgIpc) is 2.49. The fraction of sp³-hybridized carbons (Fsp3) is 0.562. The summed E-state index contributed by atoms with van der Waals surface area (Å²) in [5, 5.41) is 4.04. The Morgan fingerprint density at radius 3 is 3.00 bits per heavy atom. The predicted octanol–water partition coefficient (Wildman–Crippen LogP) is 3.80. The van der Waals surface area contributed by atoms with E-state index in [4.69, 9.17) is 11.6 Å². The number of hydrogen-bond donors (Lipinski definition) is 1. The van der Waals surface area contributed by atoms with E-state index in [1.165, 1.54) is 12.8 Å². The Kier molecular flexibility index (Phi) is 6.76. The Morgan fingerprint density at radius 2 is 2.33 bits per heavy atom. The van der Waals surface area contributed by atoms with Gasteiger partial charge in [-0.1, -0.05) is 18.5 Å². The number of nitrogens with one attached hydrogen (secondary N) is 1. The summed E-state index contributed by atoms with van der Waals surface area (Å²) in [6, 6.07) is 5.52. The minimum Gasteiger partial charge on any atom is -0.338 e. The van der Waals surface area contributed by atoms with E-state index in [0.29, 0.717) is 10.9 Å². The lowest BCUT2D eigenvalue weighted by Gasteiger charge is -2.30. The van der Waals surface area contributed by atoms with Crippen LogP contribution in [0.5, 0.6) is 0 Å². The molecule has 1 fully saturated rings. The number of carbonyl (C=O) groups is 1. The molecule has 0 aromatic heterocycles. The van der Waals surface area contributed by atoms with E-state index < -0.39 is 0 Å². The van der Waals surface area contributed by atoms with Crippen molar-refractivity contribution in [2.75, 3.05) is 26.2 Å². The van der Waals surface area contributed by atoms with Gasteiger partial charge in [-0.3, -0.25) is 4.79 Å². The van der Waals surface area contributed by atoms with Crippen molar-refractivity contribution in [3.63, 3.8) is 0 Å². The van der Waals surface area contributed by atoms with Crippen LogP contribution in [0.15, 0.2) is 18.2 Å². The number of halogens is 2. The number of rotatable bonds is 5. The van der Waals surface area contributed by atoms with Crippen LogP contribution in [0.4, 0.5) is 0 Å². The van der Waals surface area contributed by atoms with Crippen LogP contribution < -0.4 is 5.32 Å². The number of benzene rings is 1. The Balaban J connectivity index is 2.12. The molecule has 1 N–H and O–H groups in total. The summed E-state index contributed by atoms with van der Waals surface area (Å²) in [5.41, 5.74) is 0.723. The van der Waals surface area contributed by atoms with Gasteiger partial charge in [-0.15, -0.1) is 0 Å². The molecule has 116 valence electrons. The third-order valence-electron chi connectivity index (χ3n) is 3.82. The molecule has 1 saturated heterocycles. The largest absolute Gasteiger partial charge is 0.338 e. The van der Waals surface area contributed by atoms with Crippen LogP contribution in [0, 0.1) is 9.49 Å². The highest BCUT2D eigenvalue weighted by Crippen LogP contribution is 2.21. The Hall–Kier alpha value is -0.330. The van der Waals surface area contributed by atoms with Crippen LogP contribution in [0.3, 0.4) is 0 Å². The van der Waals surface area contributed by atoms with Gasteiger partial charge in [0.15, 0.2) is 0 Å². The van der Waals surface area contributed by atoms with E-state index in [1.54, 1.807) is 6.07 Å². The first-order valence-corrected chi connectivity index (χ1v) is 9.02. The lowest BCUT2D eigenvalue weighted by atomic mass is 9.98. The second-order valence-electron chi connectivity index (χ2n) is 5.59. The van der Waals surface area contributed by atoms with Crippen molar-refractivity contribution < 1.29 is 4.79 Å². The van der Waals surface area contributed by atoms with Crippen LogP contribution in [-0.4, -0.2) is 37.0 Å². The minimum absolute atomic E-state index is 0.106. The molecular formula is C16H22ClIN2O. The maximum Gasteiger partial charge on any atom is 0.254 e. The maximum absolute atomic E-state index is 12.8. The normalized spacial score (nSPS) is 18.5. The van der Waals surface area contributed by atoms with Crippen LogP contribution in [0.25, 0.3) is 0 Å². The van der Waals surface area contributed by atoms with Crippen molar-refractivity contribution in [2.45, 2.75) is 26.2 Å². The highest BCUT2D eigenvalue weighted by atomic mass is 127. The molecule has 1 unspecified atom stereocenters. The Morgan fingerprint density at radius 1 is 1.52 bits per heavy atom. The molecule has 0 saturated carbocycles. The lowest BCUT2D eigenvalue weighted by molar-refractivity contribution is 0.0717. The molecule has 0 spiro atoms. The topological polar surface area (TPSA) is 32.3 Å². The minimum atomic E-state index is 0.106.